The number of aryl methyl sites for hydroxylation is 2. The number of esters is 1. The average Bonchev–Trinajstić information content (AvgIpc) is 2.89. The molecule has 1 heterocycles. The molecule has 0 saturated carbocycles. The predicted octanol–water partition coefficient (Wildman–Crippen LogP) is 4.10. The first kappa shape index (κ1) is 14.5. The minimum absolute atomic E-state index is 0.0445. The second kappa shape index (κ2) is 5.59. The molecule has 2 aromatic rings. The number of Topliss-reactive ketones (excluding diaryl/α,β-unsaturated/α-hetero) is 1. The van der Waals surface area contributed by atoms with Gasteiger partial charge in [0.1, 0.15) is 10.6 Å². The molecule has 104 valence electrons. The predicted molar refractivity (Wildman–Crippen MR) is 79.9 cm³/mol. The van der Waals surface area contributed by atoms with Gasteiger partial charge in [-0.15, -0.1) is 11.3 Å². The summed E-state index contributed by atoms with van der Waals surface area (Å²) in [5, 5.41) is 0. The second-order valence-electron chi connectivity index (χ2n) is 4.76. The van der Waals surface area contributed by atoms with Crippen molar-refractivity contribution in [2.24, 2.45) is 0 Å². The number of ether oxygens (including phenoxy) is 1. The Bertz CT molecular complexity index is 683. The van der Waals surface area contributed by atoms with Gasteiger partial charge >= 0.3 is 5.97 Å². The van der Waals surface area contributed by atoms with Gasteiger partial charge in [-0.25, -0.2) is 4.79 Å². The van der Waals surface area contributed by atoms with Crippen molar-refractivity contribution in [2.75, 3.05) is 0 Å². The molecule has 0 amide bonds. The summed E-state index contributed by atoms with van der Waals surface area (Å²) in [4.78, 5) is 24.4. The van der Waals surface area contributed by atoms with Gasteiger partial charge in [0, 0.05) is 0 Å². The first-order chi connectivity index (χ1) is 9.40. The molecule has 0 radical (unpaired) electrons. The first-order valence-electron chi connectivity index (χ1n) is 6.30. The van der Waals surface area contributed by atoms with E-state index >= 15 is 0 Å². The second-order valence-corrected chi connectivity index (χ2v) is 5.85. The normalized spacial score (nSPS) is 10.4. The van der Waals surface area contributed by atoms with Gasteiger partial charge in [-0.05, 0) is 56.5 Å². The van der Waals surface area contributed by atoms with E-state index in [2.05, 4.69) is 0 Å². The molecular weight excluding hydrogens is 272 g/mol. The van der Waals surface area contributed by atoms with E-state index in [1.54, 1.807) is 12.1 Å². The lowest BCUT2D eigenvalue weighted by atomic mass is 10.1. The van der Waals surface area contributed by atoms with Crippen LogP contribution >= 0.6 is 11.3 Å². The van der Waals surface area contributed by atoms with Crippen LogP contribution in [0.5, 0.6) is 5.75 Å². The van der Waals surface area contributed by atoms with E-state index in [1.165, 1.54) is 6.92 Å². The minimum atomic E-state index is -0.417. The molecule has 2 rings (SSSR count). The molecule has 0 aliphatic rings. The third kappa shape index (κ3) is 2.80. The molecule has 1 aromatic heterocycles. The zero-order valence-electron chi connectivity index (χ0n) is 11.9. The van der Waals surface area contributed by atoms with Crippen molar-refractivity contribution < 1.29 is 14.3 Å². The van der Waals surface area contributed by atoms with Crippen molar-refractivity contribution >= 4 is 23.1 Å². The Morgan fingerprint density at radius 3 is 2.15 bits per heavy atom. The van der Waals surface area contributed by atoms with Gasteiger partial charge in [0.15, 0.2) is 5.78 Å². The van der Waals surface area contributed by atoms with Gasteiger partial charge in [-0.1, -0.05) is 12.1 Å². The van der Waals surface area contributed by atoms with E-state index in [9.17, 15) is 9.59 Å². The third-order valence-electron chi connectivity index (χ3n) is 3.22. The summed E-state index contributed by atoms with van der Waals surface area (Å²) in [7, 11) is 0. The molecule has 0 aliphatic carbocycles. The smallest absolute Gasteiger partial charge is 0.353 e. The molecule has 20 heavy (non-hydrogen) atoms. The summed E-state index contributed by atoms with van der Waals surface area (Å²) in [5.74, 6) is 0.143. The Morgan fingerprint density at radius 2 is 1.55 bits per heavy atom. The maximum Gasteiger partial charge on any atom is 0.353 e. The van der Waals surface area contributed by atoms with Crippen molar-refractivity contribution in [2.45, 2.75) is 27.7 Å². The SMILES string of the molecule is CC(=O)c1ccc(C(=O)Oc2c(C)ccc(C)c2C)s1. The Kier molecular flexibility index (Phi) is 4.04. The van der Waals surface area contributed by atoms with Gasteiger partial charge < -0.3 is 4.74 Å². The first-order valence-corrected chi connectivity index (χ1v) is 7.11. The van der Waals surface area contributed by atoms with Crippen LogP contribution in [0.2, 0.25) is 0 Å². The minimum Gasteiger partial charge on any atom is -0.422 e. The van der Waals surface area contributed by atoms with Crippen molar-refractivity contribution in [1.29, 1.82) is 0 Å². The number of ketones is 1. The summed E-state index contributed by atoms with van der Waals surface area (Å²) in [6, 6.07) is 7.21. The highest BCUT2D eigenvalue weighted by Gasteiger charge is 2.16. The van der Waals surface area contributed by atoms with E-state index in [0.29, 0.717) is 15.5 Å². The molecule has 0 saturated heterocycles. The van der Waals surface area contributed by atoms with E-state index in [-0.39, 0.29) is 5.78 Å². The van der Waals surface area contributed by atoms with Crippen LogP contribution < -0.4 is 4.74 Å². The Labute approximate surface area is 122 Å². The summed E-state index contributed by atoms with van der Waals surface area (Å²) in [6.45, 7) is 7.30. The number of carbonyl (C=O) groups is 2. The van der Waals surface area contributed by atoms with Crippen LogP contribution in [-0.4, -0.2) is 11.8 Å². The van der Waals surface area contributed by atoms with Crippen molar-refractivity contribution in [3.63, 3.8) is 0 Å². The highest BCUT2D eigenvalue weighted by Crippen LogP contribution is 2.27. The van der Waals surface area contributed by atoms with Crippen LogP contribution in [0.3, 0.4) is 0 Å². The highest BCUT2D eigenvalue weighted by molar-refractivity contribution is 7.15. The number of thiophene rings is 1. The number of carbonyl (C=O) groups excluding carboxylic acids is 2. The zero-order chi connectivity index (χ0) is 14.9. The van der Waals surface area contributed by atoms with Gasteiger partial charge in [0.25, 0.3) is 0 Å². The maximum atomic E-state index is 12.1. The van der Waals surface area contributed by atoms with Crippen LogP contribution in [0.25, 0.3) is 0 Å². The molecule has 0 fully saturated rings. The molecular formula is C16H16O3S. The molecule has 0 bridgehead atoms. The topological polar surface area (TPSA) is 43.4 Å². The number of benzene rings is 1. The molecule has 0 aliphatic heterocycles. The van der Waals surface area contributed by atoms with Gasteiger partial charge in [0.2, 0.25) is 0 Å². The zero-order valence-corrected chi connectivity index (χ0v) is 12.8. The fourth-order valence-corrected chi connectivity index (χ4v) is 2.64. The summed E-state index contributed by atoms with van der Waals surface area (Å²) in [6.07, 6.45) is 0. The highest BCUT2D eigenvalue weighted by atomic mass is 32.1. The maximum absolute atomic E-state index is 12.1. The van der Waals surface area contributed by atoms with Crippen molar-refractivity contribution in [3.05, 3.63) is 50.7 Å². The summed E-state index contributed by atoms with van der Waals surface area (Å²) in [5.41, 5.74) is 2.96. The monoisotopic (exact) mass is 288 g/mol. The lowest BCUT2D eigenvalue weighted by molar-refractivity contribution is 0.0737. The largest absolute Gasteiger partial charge is 0.422 e. The van der Waals surface area contributed by atoms with Crippen LogP contribution in [0.1, 0.15) is 43.0 Å². The van der Waals surface area contributed by atoms with Crippen LogP contribution in [0.4, 0.5) is 0 Å². The Morgan fingerprint density at radius 1 is 0.950 bits per heavy atom. The summed E-state index contributed by atoms with van der Waals surface area (Å²) < 4.78 is 5.50. The molecule has 0 unspecified atom stereocenters. The quantitative estimate of drug-likeness (QED) is 0.485. The van der Waals surface area contributed by atoms with E-state index < -0.39 is 5.97 Å². The Balaban J connectivity index is 2.28. The van der Waals surface area contributed by atoms with Crippen LogP contribution in [0, 0.1) is 20.8 Å². The van der Waals surface area contributed by atoms with Crippen LogP contribution in [-0.2, 0) is 0 Å². The average molecular weight is 288 g/mol. The van der Waals surface area contributed by atoms with Gasteiger partial charge in [0.05, 0.1) is 4.88 Å². The Hall–Kier alpha value is -1.94. The molecule has 0 atom stereocenters. The van der Waals surface area contributed by atoms with E-state index in [4.69, 9.17) is 4.74 Å². The third-order valence-corrected chi connectivity index (χ3v) is 4.39. The van der Waals surface area contributed by atoms with Crippen molar-refractivity contribution in [3.8, 4) is 5.75 Å². The van der Waals surface area contributed by atoms with Crippen LogP contribution in [0.15, 0.2) is 24.3 Å². The standard InChI is InChI=1S/C16H16O3S/c1-9-5-6-10(2)15(11(9)3)19-16(18)14-8-7-13(20-14)12(4)17/h5-8H,1-4H3. The van der Waals surface area contributed by atoms with E-state index in [1.807, 2.05) is 32.9 Å². The molecule has 0 spiro atoms. The summed E-state index contributed by atoms with van der Waals surface area (Å²) >= 11 is 1.16. The lowest BCUT2D eigenvalue weighted by Crippen LogP contribution is -2.09. The number of hydrogen-bond donors (Lipinski definition) is 0. The molecule has 1 aromatic carbocycles. The number of rotatable bonds is 3. The van der Waals surface area contributed by atoms with Gasteiger partial charge in [-0.3, -0.25) is 4.79 Å². The van der Waals surface area contributed by atoms with E-state index in [0.717, 1.165) is 28.0 Å². The fourth-order valence-electron chi connectivity index (χ4n) is 1.86. The molecule has 0 N–H and O–H groups in total. The molecule has 3 nitrogen and oxygen atoms in total. The fraction of sp³-hybridized carbons (Fsp3) is 0.250. The van der Waals surface area contributed by atoms with Crippen molar-refractivity contribution in [1.82, 2.24) is 0 Å². The number of hydrogen-bond acceptors (Lipinski definition) is 4. The lowest BCUT2D eigenvalue weighted by Gasteiger charge is -2.11. The molecule has 4 heteroatoms. The van der Waals surface area contributed by atoms with Gasteiger partial charge in [-0.2, -0.15) is 0 Å².